The van der Waals surface area contributed by atoms with Gasteiger partial charge in [0.1, 0.15) is 6.26 Å². The average molecular weight is 355 g/mol. The molecule has 2 heterocycles. The fraction of sp³-hybridized carbons (Fsp3) is 0.261. The number of benzene rings is 1. The third-order valence-corrected chi connectivity index (χ3v) is 5.62. The molecule has 0 radical (unpaired) electrons. The van der Waals surface area contributed by atoms with Gasteiger partial charge in [-0.2, -0.15) is 5.26 Å². The molecule has 0 fully saturated rings. The normalized spacial score (nSPS) is 21.7. The molecule has 1 aromatic carbocycles. The molecule has 0 saturated heterocycles. The molecule has 0 N–H and O–H groups in total. The van der Waals surface area contributed by atoms with E-state index < -0.39 is 0 Å². The second-order valence-electron chi connectivity index (χ2n) is 7.28. The maximum absolute atomic E-state index is 9.28. The summed E-state index contributed by atoms with van der Waals surface area (Å²) in [5.74, 6) is 1.33. The van der Waals surface area contributed by atoms with E-state index in [1.54, 1.807) is 6.26 Å². The molecule has 0 amide bonds. The Balaban J connectivity index is 1.58. The van der Waals surface area contributed by atoms with E-state index in [0.29, 0.717) is 17.4 Å². The van der Waals surface area contributed by atoms with E-state index in [1.807, 2.05) is 42.6 Å². The maximum Gasteiger partial charge on any atom is 0.127 e. The van der Waals surface area contributed by atoms with Crippen molar-refractivity contribution in [3.63, 3.8) is 0 Å². The lowest BCUT2D eigenvalue weighted by atomic mass is 9.73. The fourth-order valence-corrected chi connectivity index (χ4v) is 3.79. The van der Waals surface area contributed by atoms with Crippen molar-refractivity contribution in [3.8, 4) is 17.2 Å². The van der Waals surface area contributed by atoms with Crippen LogP contribution in [0.4, 0.5) is 0 Å². The molecule has 1 aliphatic carbocycles. The van der Waals surface area contributed by atoms with Gasteiger partial charge < -0.3 is 4.52 Å². The monoisotopic (exact) mass is 355 g/mol. The van der Waals surface area contributed by atoms with Crippen molar-refractivity contribution in [1.29, 1.82) is 5.26 Å². The van der Waals surface area contributed by atoms with Crippen LogP contribution in [-0.2, 0) is 6.42 Å². The molecule has 0 spiro atoms. The number of nitrogens with zero attached hydrogens (tertiary/aromatic N) is 3. The van der Waals surface area contributed by atoms with Crippen molar-refractivity contribution < 1.29 is 4.52 Å². The molecule has 0 saturated carbocycles. The number of pyridine rings is 1. The average Bonchev–Trinajstić information content (AvgIpc) is 3.16. The van der Waals surface area contributed by atoms with Crippen molar-refractivity contribution in [2.75, 3.05) is 0 Å². The van der Waals surface area contributed by atoms with Crippen LogP contribution < -0.4 is 0 Å². The zero-order valence-corrected chi connectivity index (χ0v) is 15.5. The molecule has 1 aliphatic rings. The number of fused-ring (bicyclic) bond motifs is 1. The van der Waals surface area contributed by atoms with E-state index in [4.69, 9.17) is 4.52 Å². The highest BCUT2D eigenvalue weighted by atomic mass is 16.5. The summed E-state index contributed by atoms with van der Waals surface area (Å²) in [5.41, 5.74) is 5.67. The molecule has 0 aliphatic heterocycles. The number of hydrogen-bond acceptors (Lipinski definition) is 4. The summed E-state index contributed by atoms with van der Waals surface area (Å²) < 4.78 is 5.21. The van der Waals surface area contributed by atoms with Gasteiger partial charge in [-0.3, -0.25) is 4.98 Å². The van der Waals surface area contributed by atoms with Gasteiger partial charge in [0.05, 0.1) is 23.0 Å². The summed E-state index contributed by atoms with van der Waals surface area (Å²) in [6.07, 6.45) is 8.86. The summed E-state index contributed by atoms with van der Waals surface area (Å²) in [6, 6.07) is 13.8. The quantitative estimate of drug-likeness (QED) is 0.645. The Morgan fingerprint density at radius 1 is 1.19 bits per heavy atom. The van der Waals surface area contributed by atoms with Gasteiger partial charge in [0.25, 0.3) is 0 Å². The van der Waals surface area contributed by atoms with E-state index in [-0.39, 0.29) is 5.92 Å². The first-order chi connectivity index (χ1) is 13.2. The number of aromatic nitrogens is 2. The molecule has 3 aromatic rings. The van der Waals surface area contributed by atoms with Crippen LogP contribution in [0.1, 0.15) is 42.3 Å². The Bertz CT molecular complexity index is 1010. The lowest BCUT2D eigenvalue weighted by Gasteiger charge is -2.30. The van der Waals surface area contributed by atoms with Gasteiger partial charge in [-0.1, -0.05) is 49.3 Å². The van der Waals surface area contributed by atoms with Crippen molar-refractivity contribution in [1.82, 2.24) is 10.1 Å². The van der Waals surface area contributed by atoms with E-state index in [9.17, 15) is 5.26 Å². The molecule has 0 unspecified atom stereocenters. The van der Waals surface area contributed by atoms with Crippen LogP contribution in [0.15, 0.2) is 59.5 Å². The highest BCUT2D eigenvalue weighted by Gasteiger charge is 2.32. The van der Waals surface area contributed by atoms with E-state index in [2.05, 4.69) is 42.2 Å². The highest BCUT2D eigenvalue weighted by molar-refractivity contribution is 5.70. The van der Waals surface area contributed by atoms with Crippen LogP contribution in [0.2, 0.25) is 0 Å². The van der Waals surface area contributed by atoms with E-state index in [0.717, 1.165) is 28.9 Å². The van der Waals surface area contributed by atoms with Crippen LogP contribution in [0.3, 0.4) is 0 Å². The summed E-state index contributed by atoms with van der Waals surface area (Å²) >= 11 is 0. The number of hydrogen-bond donors (Lipinski definition) is 0. The topological polar surface area (TPSA) is 62.7 Å². The maximum atomic E-state index is 9.28. The van der Waals surface area contributed by atoms with E-state index in [1.165, 1.54) is 5.56 Å². The standard InChI is InChI=1S/C23H21N3O/c1-15-11-19-14-27-26-23(19)21(16(15)2)10-9-20-8-7-18(13-25-20)22-6-4-3-5-17(22)12-24/h3-10,13-16,21H,11H2,1-2H3/b10-9+/t15-,16+,21-/m0/s1. The van der Waals surface area contributed by atoms with Gasteiger partial charge >= 0.3 is 0 Å². The van der Waals surface area contributed by atoms with Crippen molar-refractivity contribution in [2.24, 2.45) is 11.8 Å². The molecule has 2 aromatic heterocycles. The van der Waals surface area contributed by atoms with Crippen LogP contribution >= 0.6 is 0 Å². The minimum Gasteiger partial charge on any atom is -0.364 e. The van der Waals surface area contributed by atoms with Gasteiger partial charge in [0.2, 0.25) is 0 Å². The van der Waals surface area contributed by atoms with Crippen LogP contribution in [0, 0.1) is 23.2 Å². The molecule has 3 atom stereocenters. The lowest BCUT2D eigenvalue weighted by Crippen LogP contribution is -2.24. The SMILES string of the molecule is C[C@H]1[C@H](/C=C/c2ccc(-c3ccccc3C#N)cn2)c2nocc2C[C@@H]1C. The first-order valence-corrected chi connectivity index (χ1v) is 9.24. The molecular formula is C23H21N3O. The Hall–Kier alpha value is -3.19. The largest absolute Gasteiger partial charge is 0.364 e. The van der Waals surface area contributed by atoms with Gasteiger partial charge in [0.15, 0.2) is 0 Å². The Kier molecular flexibility index (Phi) is 4.60. The minimum absolute atomic E-state index is 0.239. The summed E-state index contributed by atoms with van der Waals surface area (Å²) in [4.78, 5) is 4.56. The number of rotatable bonds is 3. The summed E-state index contributed by atoms with van der Waals surface area (Å²) in [5, 5.41) is 13.5. The highest BCUT2D eigenvalue weighted by Crippen LogP contribution is 2.39. The Morgan fingerprint density at radius 2 is 2.04 bits per heavy atom. The second kappa shape index (κ2) is 7.20. The Labute approximate surface area is 159 Å². The van der Waals surface area contributed by atoms with Gasteiger partial charge in [0, 0.05) is 28.8 Å². The van der Waals surface area contributed by atoms with Crippen molar-refractivity contribution in [3.05, 3.63) is 77.4 Å². The van der Waals surface area contributed by atoms with Crippen LogP contribution in [0.25, 0.3) is 17.2 Å². The third kappa shape index (κ3) is 3.29. The second-order valence-corrected chi connectivity index (χ2v) is 7.28. The first kappa shape index (κ1) is 17.2. The number of allylic oxidation sites excluding steroid dienone is 1. The predicted octanol–water partition coefficient (Wildman–Crippen LogP) is 5.23. The number of nitriles is 1. The lowest BCUT2D eigenvalue weighted by molar-refractivity contribution is 0.323. The summed E-state index contributed by atoms with van der Waals surface area (Å²) in [7, 11) is 0. The van der Waals surface area contributed by atoms with Crippen LogP contribution in [0.5, 0.6) is 0 Å². The van der Waals surface area contributed by atoms with Gasteiger partial charge in [-0.15, -0.1) is 0 Å². The first-order valence-electron chi connectivity index (χ1n) is 9.24. The molecule has 0 bridgehead atoms. The molecular weight excluding hydrogens is 334 g/mol. The molecule has 4 rings (SSSR count). The fourth-order valence-electron chi connectivity index (χ4n) is 3.79. The third-order valence-electron chi connectivity index (χ3n) is 5.62. The van der Waals surface area contributed by atoms with Gasteiger partial charge in [-0.25, -0.2) is 0 Å². The molecule has 134 valence electrons. The van der Waals surface area contributed by atoms with Gasteiger partial charge in [-0.05, 0) is 36.5 Å². The zero-order valence-electron chi connectivity index (χ0n) is 15.5. The minimum atomic E-state index is 0.239. The van der Waals surface area contributed by atoms with Crippen molar-refractivity contribution >= 4 is 6.08 Å². The Morgan fingerprint density at radius 3 is 2.81 bits per heavy atom. The van der Waals surface area contributed by atoms with Crippen LogP contribution in [-0.4, -0.2) is 10.1 Å². The zero-order chi connectivity index (χ0) is 18.8. The summed E-state index contributed by atoms with van der Waals surface area (Å²) in [6.45, 7) is 4.55. The molecule has 4 nitrogen and oxygen atoms in total. The van der Waals surface area contributed by atoms with Crippen molar-refractivity contribution in [2.45, 2.75) is 26.2 Å². The van der Waals surface area contributed by atoms with E-state index >= 15 is 0 Å². The molecule has 4 heteroatoms. The predicted molar refractivity (Wildman–Crippen MR) is 105 cm³/mol. The smallest absolute Gasteiger partial charge is 0.127 e. The molecule has 27 heavy (non-hydrogen) atoms.